The van der Waals surface area contributed by atoms with E-state index in [2.05, 4.69) is 10.2 Å². The van der Waals surface area contributed by atoms with E-state index in [1.807, 2.05) is 0 Å². The molecule has 13 heavy (non-hydrogen) atoms. The maximum absolute atomic E-state index is 5.99. The molecule has 1 unspecified atom stereocenters. The van der Waals surface area contributed by atoms with Gasteiger partial charge in [-0.05, 0) is 19.3 Å². The lowest BCUT2D eigenvalue weighted by Crippen LogP contribution is -2.51. The van der Waals surface area contributed by atoms with Crippen molar-refractivity contribution in [3.05, 3.63) is 0 Å². The Morgan fingerprint density at radius 3 is 2.62 bits per heavy atom. The van der Waals surface area contributed by atoms with Gasteiger partial charge in [0.1, 0.15) is 0 Å². The number of rotatable bonds is 1. The van der Waals surface area contributed by atoms with Crippen LogP contribution in [0.15, 0.2) is 0 Å². The van der Waals surface area contributed by atoms with Crippen molar-refractivity contribution in [2.75, 3.05) is 26.2 Å². The minimum absolute atomic E-state index is 0.466. The van der Waals surface area contributed by atoms with Gasteiger partial charge in [0.15, 0.2) is 0 Å². The summed E-state index contributed by atoms with van der Waals surface area (Å²) in [5.41, 5.74) is 5.99. The number of hydrogen-bond donors (Lipinski definition) is 2. The van der Waals surface area contributed by atoms with Crippen LogP contribution in [0, 0.1) is 0 Å². The zero-order valence-electron chi connectivity index (χ0n) is 8.34. The van der Waals surface area contributed by atoms with E-state index in [9.17, 15) is 0 Å². The highest BCUT2D eigenvalue weighted by Crippen LogP contribution is 2.21. The smallest absolute Gasteiger partial charge is 0.0111 e. The van der Waals surface area contributed by atoms with Crippen molar-refractivity contribution in [2.45, 2.75) is 37.8 Å². The fourth-order valence-corrected chi connectivity index (χ4v) is 2.58. The topological polar surface area (TPSA) is 41.3 Å². The van der Waals surface area contributed by atoms with Crippen LogP contribution in [0.4, 0.5) is 0 Å². The Hall–Kier alpha value is -0.120. The van der Waals surface area contributed by atoms with Gasteiger partial charge in [-0.3, -0.25) is 4.90 Å². The summed E-state index contributed by atoms with van der Waals surface area (Å²) in [4.78, 5) is 2.62. The summed E-state index contributed by atoms with van der Waals surface area (Å²) < 4.78 is 0. The van der Waals surface area contributed by atoms with Crippen molar-refractivity contribution in [2.24, 2.45) is 5.73 Å². The molecule has 0 aromatic heterocycles. The van der Waals surface area contributed by atoms with E-state index in [1.165, 1.54) is 38.8 Å². The molecule has 3 N–H and O–H groups in total. The van der Waals surface area contributed by atoms with Crippen molar-refractivity contribution in [3.8, 4) is 0 Å². The van der Waals surface area contributed by atoms with Gasteiger partial charge in [-0.2, -0.15) is 0 Å². The maximum atomic E-state index is 5.99. The molecule has 1 aliphatic heterocycles. The van der Waals surface area contributed by atoms with Crippen LogP contribution < -0.4 is 11.1 Å². The van der Waals surface area contributed by atoms with Crippen LogP contribution in [0.2, 0.25) is 0 Å². The molecule has 2 atom stereocenters. The van der Waals surface area contributed by atoms with Gasteiger partial charge in [0.2, 0.25) is 0 Å². The lowest BCUT2D eigenvalue weighted by Gasteiger charge is -2.38. The molecule has 0 spiro atoms. The Balaban J connectivity index is 1.83. The molecule has 3 nitrogen and oxygen atoms in total. The summed E-state index contributed by atoms with van der Waals surface area (Å²) in [6, 6.07) is 1.25. The predicted octanol–water partition coefficient (Wildman–Crippen LogP) is 0.162. The number of nitrogens with zero attached hydrogens (tertiary/aromatic N) is 1. The van der Waals surface area contributed by atoms with Gasteiger partial charge in [-0.1, -0.05) is 6.42 Å². The highest BCUT2D eigenvalue weighted by Gasteiger charge is 2.25. The van der Waals surface area contributed by atoms with Gasteiger partial charge in [0, 0.05) is 38.3 Å². The number of nitrogens with one attached hydrogen (secondary N) is 1. The predicted molar refractivity (Wildman–Crippen MR) is 54.7 cm³/mol. The second-order valence-corrected chi connectivity index (χ2v) is 4.37. The first-order valence-electron chi connectivity index (χ1n) is 5.56. The van der Waals surface area contributed by atoms with Crippen LogP contribution in [0.1, 0.15) is 25.7 Å². The molecule has 1 saturated heterocycles. The van der Waals surface area contributed by atoms with Crippen molar-refractivity contribution in [3.63, 3.8) is 0 Å². The molecule has 2 aliphatic rings. The number of piperazine rings is 1. The van der Waals surface area contributed by atoms with E-state index in [4.69, 9.17) is 5.73 Å². The lowest BCUT2D eigenvalue weighted by atomic mass is 9.90. The van der Waals surface area contributed by atoms with E-state index in [0.717, 1.165) is 19.1 Å². The average molecular weight is 183 g/mol. The first-order valence-corrected chi connectivity index (χ1v) is 5.56. The van der Waals surface area contributed by atoms with Crippen molar-refractivity contribution < 1.29 is 0 Å². The summed E-state index contributed by atoms with van der Waals surface area (Å²) in [7, 11) is 0. The molecular weight excluding hydrogens is 162 g/mol. The van der Waals surface area contributed by atoms with Gasteiger partial charge in [-0.25, -0.2) is 0 Å². The monoisotopic (exact) mass is 183 g/mol. The first-order chi connectivity index (χ1) is 6.36. The third kappa shape index (κ3) is 2.42. The van der Waals surface area contributed by atoms with E-state index in [1.54, 1.807) is 0 Å². The fourth-order valence-electron chi connectivity index (χ4n) is 2.58. The zero-order valence-corrected chi connectivity index (χ0v) is 8.34. The van der Waals surface area contributed by atoms with Crippen LogP contribution in [0.3, 0.4) is 0 Å². The van der Waals surface area contributed by atoms with Gasteiger partial charge in [0.05, 0.1) is 0 Å². The molecule has 1 aliphatic carbocycles. The van der Waals surface area contributed by atoms with Crippen LogP contribution in [0.5, 0.6) is 0 Å². The second-order valence-electron chi connectivity index (χ2n) is 4.37. The molecule has 0 aromatic rings. The van der Waals surface area contributed by atoms with Crippen LogP contribution in [-0.4, -0.2) is 43.2 Å². The SMILES string of the molecule is NC1CCC[C@@H](N2CCNCC2)C1. The minimum Gasteiger partial charge on any atom is -0.328 e. The van der Waals surface area contributed by atoms with Gasteiger partial charge >= 0.3 is 0 Å². The molecule has 0 amide bonds. The first kappa shape index (κ1) is 9.44. The van der Waals surface area contributed by atoms with Crippen LogP contribution in [-0.2, 0) is 0 Å². The summed E-state index contributed by atoms with van der Waals surface area (Å²) >= 11 is 0. The van der Waals surface area contributed by atoms with Gasteiger partial charge in [-0.15, -0.1) is 0 Å². The fraction of sp³-hybridized carbons (Fsp3) is 1.00. The highest BCUT2D eigenvalue weighted by molar-refractivity contribution is 4.84. The van der Waals surface area contributed by atoms with E-state index >= 15 is 0 Å². The summed E-state index contributed by atoms with van der Waals surface area (Å²) in [6.45, 7) is 4.76. The van der Waals surface area contributed by atoms with E-state index in [-0.39, 0.29) is 0 Å². The lowest BCUT2D eigenvalue weighted by molar-refractivity contribution is 0.131. The summed E-state index contributed by atoms with van der Waals surface area (Å²) in [5, 5.41) is 3.39. The van der Waals surface area contributed by atoms with Crippen molar-refractivity contribution in [1.82, 2.24) is 10.2 Å². The van der Waals surface area contributed by atoms with Crippen LogP contribution in [0.25, 0.3) is 0 Å². The van der Waals surface area contributed by atoms with Gasteiger partial charge in [0.25, 0.3) is 0 Å². The summed E-state index contributed by atoms with van der Waals surface area (Å²) in [5.74, 6) is 0. The summed E-state index contributed by atoms with van der Waals surface area (Å²) in [6.07, 6.45) is 5.16. The molecule has 0 aromatic carbocycles. The normalized spacial score (nSPS) is 37.6. The average Bonchev–Trinajstić information content (AvgIpc) is 2.19. The second kappa shape index (κ2) is 4.40. The molecule has 0 bridgehead atoms. The maximum Gasteiger partial charge on any atom is 0.0111 e. The van der Waals surface area contributed by atoms with Crippen LogP contribution >= 0.6 is 0 Å². The molecule has 0 radical (unpaired) electrons. The number of hydrogen-bond acceptors (Lipinski definition) is 3. The molecule has 2 fully saturated rings. The Morgan fingerprint density at radius 1 is 1.15 bits per heavy atom. The highest BCUT2D eigenvalue weighted by atomic mass is 15.2. The van der Waals surface area contributed by atoms with Crippen molar-refractivity contribution in [1.29, 1.82) is 0 Å². The molecule has 1 saturated carbocycles. The van der Waals surface area contributed by atoms with E-state index < -0.39 is 0 Å². The Kier molecular flexibility index (Phi) is 3.19. The molecule has 2 rings (SSSR count). The molecule has 1 heterocycles. The number of nitrogens with two attached hydrogens (primary N) is 1. The molecular formula is C10H21N3. The van der Waals surface area contributed by atoms with Gasteiger partial charge < -0.3 is 11.1 Å². The largest absolute Gasteiger partial charge is 0.328 e. The molecule has 76 valence electrons. The Labute approximate surface area is 80.7 Å². The third-order valence-electron chi connectivity index (χ3n) is 3.36. The third-order valence-corrected chi connectivity index (χ3v) is 3.36. The quantitative estimate of drug-likeness (QED) is 0.608. The standard InChI is InChI=1S/C10H21N3/c11-9-2-1-3-10(8-9)13-6-4-12-5-7-13/h9-10,12H,1-8,11H2/t9?,10-/m1/s1. The Bertz CT molecular complexity index is 154. The Morgan fingerprint density at radius 2 is 1.92 bits per heavy atom. The van der Waals surface area contributed by atoms with Crippen molar-refractivity contribution >= 4 is 0 Å². The minimum atomic E-state index is 0.466. The molecule has 3 heteroatoms. The van der Waals surface area contributed by atoms with E-state index in [0.29, 0.717) is 6.04 Å². The zero-order chi connectivity index (χ0) is 9.10.